The minimum Gasteiger partial charge on any atom is -0.457 e. The van der Waals surface area contributed by atoms with Gasteiger partial charge in [0.1, 0.15) is 6.61 Å². The summed E-state index contributed by atoms with van der Waals surface area (Å²) in [4.78, 5) is 14.7. The number of anilines is 1. The van der Waals surface area contributed by atoms with E-state index in [1.54, 1.807) is 0 Å². The zero-order chi connectivity index (χ0) is 16.6. The molecule has 3 rings (SSSR count). The van der Waals surface area contributed by atoms with Crippen LogP contribution in [0.2, 0.25) is 0 Å². The number of nitrogens with zero attached hydrogens (tertiary/aromatic N) is 1. The van der Waals surface area contributed by atoms with Gasteiger partial charge in [-0.25, -0.2) is 4.79 Å². The van der Waals surface area contributed by atoms with E-state index in [1.807, 2.05) is 60.5 Å². The Morgan fingerprint density at radius 1 is 1.13 bits per heavy atom. The van der Waals surface area contributed by atoms with Gasteiger partial charge in [-0.3, -0.25) is 0 Å². The van der Waals surface area contributed by atoms with Crippen LogP contribution in [0.5, 0.6) is 0 Å². The van der Waals surface area contributed by atoms with Crippen molar-refractivity contribution in [3.63, 3.8) is 0 Å². The number of allylic oxidation sites excluding steroid dienone is 1. The summed E-state index contributed by atoms with van der Waals surface area (Å²) in [5, 5.41) is 0. The monoisotopic (exact) mass is 307 g/mol. The Hall–Kier alpha value is -2.55. The van der Waals surface area contributed by atoms with Crippen molar-refractivity contribution in [2.24, 2.45) is 0 Å². The quantitative estimate of drug-likeness (QED) is 0.792. The minimum atomic E-state index is -0.290. The van der Waals surface area contributed by atoms with Crippen LogP contribution in [-0.4, -0.2) is 13.0 Å². The SMILES string of the molecule is C=C1N(C)c2cccc(C(=O)OCc3ccccc3)c2C1(C)C. The van der Waals surface area contributed by atoms with Crippen LogP contribution >= 0.6 is 0 Å². The summed E-state index contributed by atoms with van der Waals surface area (Å²) >= 11 is 0. The molecule has 0 amide bonds. The molecule has 0 aliphatic carbocycles. The summed E-state index contributed by atoms with van der Waals surface area (Å²) in [5.41, 5.74) is 4.31. The van der Waals surface area contributed by atoms with Crippen molar-refractivity contribution < 1.29 is 9.53 Å². The van der Waals surface area contributed by atoms with Crippen molar-refractivity contribution in [3.05, 3.63) is 77.5 Å². The van der Waals surface area contributed by atoms with Gasteiger partial charge in [0.2, 0.25) is 0 Å². The molecule has 0 aromatic heterocycles. The molecular weight excluding hydrogens is 286 g/mol. The first-order chi connectivity index (χ1) is 10.9. The molecule has 0 saturated carbocycles. The average molecular weight is 307 g/mol. The van der Waals surface area contributed by atoms with Crippen molar-refractivity contribution in [2.75, 3.05) is 11.9 Å². The van der Waals surface area contributed by atoms with Crippen LogP contribution in [0.3, 0.4) is 0 Å². The zero-order valence-electron chi connectivity index (χ0n) is 13.8. The lowest BCUT2D eigenvalue weighted by Crippen LogP contribution is -2.23. The summed E-state index contributed by atoms with van der Waals surface area (Å²) < 4.78 is 5.52. The van der Waals surface area contributed by atoms with Gasteiger partial charge in [0.05, 0.1) is 5.56 Å². The molecule has 1 aliphatic heterocycles. The second-order valence-electron chi connectivity index (χ2n) is 6.39. The number of carbonyl (C=O) groups excluding carboxylic acids is 1. The van der Waals surface area contributed by atoms with Crippen LogP contribution < -0.4 is 4.90 Å². The normalized spacial score (nSPS) is 15.4. The Bertz CT molecular complexity index is 762. The average Bonchev–Trinajstić information content (AvgIpc) is 2.74. The smallest absolute Gasteiger partial charge is 0.338 e. The molecule has 1 heterocycles. The number of fused-ring (bicyclic) bond motifs is 1. The molecule has 118 valence electrons. The lowest BCUT2D eigenvalue weighted by molar-refractivity contribution is 0.0470. The molecule has 0 bridgehead atoms. The standard InChI is InChI=1S/C20H21NO2/c1-14-20(2,3)18-16(11-8-12-17(18)21(14)4)19(22)23-13-15-9-6-5-7-10-15/h5-12H,1,13H2,2-4H3. The number of hydrogen-bond donors (Lipinski definition) is 0. The van der Waals surface area contributed by atoms with E-state index in [4.69, 9.17) is 4.74 Å². The molecule has 0 radical (unpaired) electrons. The Morgan fingerprint density at radius 2 is 1.83 bits per heavy atom. The van der Waals surface area contributed by atoms with E-state index in [2.05, 4.69) is 20.4 Å². The zero-order valence-corrected chi connectivity index (χ0v) is 13.8. The molecule has 0 unspecified atom stereocenters. The maximum atomic E-state index is 12.6. The van der Waals surface area contributed by atoms with Crippen LogP contribution in [0.15, 0.2) is 60.8 Å². The van der Waals surface area contributed by atoms with Crippen LogP contribution in [0, 0.1) is 0 Å². The molecule has 1 aliphatic rings. The Morgan fingerprint density at radius 3 is 2.52 bits per heavy atom. The first kappa shape index (κ1) is 15.3. The number of likely N-dealkylation sites (N-methyl/N-ethyl adjacent to an activating group) is 1. The van der Waals surface area contributed by atoms with Crippen LogP contribution in [-0.2, 0) is 16.8 Å². The van der Waals surface area contributed by atoms with Gasteiger partial charge in [-0.1, -0.05) is 56.8 Å². The topological polar surface area (TPSA) is 29.5 Å². The van der Waals surface area contributed by atoms with Gasteiger partial charge in [-0.15, -0.1) is 0 Å². The van der Waals surface area contributed by atoms with Crippen molar-refractivity contribution in [1.29, 1.82) is 0 Å². The van der Waals surface area contributed by atoms with Crippen LogP contribution in [0.4, 0.5) is 5.69 Å². The van der Waals surface area contributed by atoms with Crippen molar-refractivity contribution in [3.8, 4) is 0 Å². The van der Waals surface area contributed by atoms with Gasteiger partial charge < -0.3 is 9.64 Å². The number of carbonyl (C=O) groups is 1. The van der Waals surface area contributed by atoms with E-state index in [1.165, 1.54) is 0 Å². The number of esters is 1. The van der Waals surface area contributed by atoms with E-state index in [0.29, 0.717) is 5.56 Å². The molecule has 0 spiro atoms. The van der Waals surface area contributed by atoms with Crippen LogP contribution in [0.25, 0.3) is 0 Å². The molecule has 3 heteroatoms. The van der Waals surface area contributed by atoms with E-state index in [-0.39, 0.29) is 18.0 Å². The second kappa shape index (κ2) is 5.58. The molecule has 2 aromatic rings. The van der Waals surface area contributed by atoms with Gasteiger partial charge in [-0.2, -0.15) is 0 Å². The fraction of sp³-hybridized carbons (Fsp3) is 0.250. The van der Waals surface area contributed by atoms with Gasteiger partial charge in [0, 0.05) is 29.4 Å². The molecular formula is C20H21NO2. The third kappa shape index (κ3) is 2.52. The maximum absolute atomic E-state index is 12.6. The van der Waals surface area contributed by atoms with E-state index in [9.17, 15) is 4.79 Å². The molecule has 2 aromatic carbocycles. The molecule has 0 saturated heterocycles. The number of rotatable bonds is 3. The molecule has 0 N–H and O–H groups in total. The number of hydrogen-bond acceptors (Lipinski definition) is 3. The van der Waals surface area contributed by atoms with Gasteiger partial charge in [-0.05, 0) is 17.7 Å². The highest BCUT2D eigenvalue weighted by Gasteiger charge is 2.40. The summed E-state index contributed by atoms with van der Waals surface area (Å²) in [5.74, 6) is -0.290. The summed E-state index contributed by atoms with van der Waals surface area (Å²) in [6.45, 7) is 8.63. The summed E-state index contributed by atoms with van der Waals surface area (Å²) in [6, 6.07) is 15.5. The predicted octanol–water partition coefficient (Wildman–Crippen LogP) is 4.28. The lowest BCUT2D eigenvalue weighted by Gasteiger charge is -2.23. The first-order valence-electron chi connectivity index (χ1n) is 7.70. The highest BCUT2D eigenvalue weighted by Crippen LogP contribution is 2.47. The van der Waals surface area contributed by atoms with E-state index in [0.717, 1.165) is 22.5 Å². The number of benzene rings is 2. The molecule has 3 nitrogen and oxygen atoms in total. The maximum Gasteiger partial charge on any atom is 0.338 e. The fourth-order valence-corrected chi connectivity index (χ4v) is 3.16. The van der Waals surface area contributed by atoms with Crippen molar-refractivity contribution >= 4 is 11.7 Å². The molecule has 23 heavy (non-hydrogen) atoms. The van der Waals surface area contributed by atoms with Crippen molar-refractivity contribution in [2.45, 2.75) is 25.9 Å². The largest absolute Gasteiger partial charge is 0.457 e. The third-order valence-electron chi connectivity index (χ3n) is 4.59. The minimum absolute atomic E-state index is 0.278. The van der Waals surface area contributed by atoms with Gasteiger partial charge in [0.25, 0.3) is 0 Å². The van der Waals surface area contributed by atoms with E-state index >= 15 is 0 Å². The first-order valence-corrected chi connectivity index (χ1v) is 7.70. The number of ether oxygens (including phenoxy) is 1. The molecule has 0 atom stereocenters. The van der Waals surface area contributed by atoms with E-state index < -0.39 is 0 Å². The highest BCUT2D eigenvalue weighted by atomic mass is 16.5. The van der Waals surface area contributed by atoms with Gasteiger partial charge in [0.15, 0.2) is 0 Å². The highest BCUT2D eigenvalue weighted by molar-refractivity contribution is 5.95. The Kier molecular flexibility index (Phi) is 3.72. The van der Waals surface area contributed by atoms with Gasteiger partial charge >= 0.3 is 5.97 Å². The Balaban J connectivity index is 1.90. The Labute approximate surface area is 137 Å². The fourth-order valence-electron chi connectivity index (χ4n) is 3.16. The van der Waals surface area contributed by atoms with Crippen molar-refractivity contribution in [1.82, 2.24) is 0 Å². The lowest BCUT2D eigenvalue weighted by atomic mass is 9.81. The summed E-state index contributed by atoms with van der Waals surface area (Å²) in [7, 11) is 1.98. The second-order valence-corrected chi connectivity index (χ2v) is 6.39. The molecule has 0 fully saturated rings. The third-order valence-corrected chi connectivity index (χ3v) is 4.59. The predicted molar refractivity (Wildman–Crippen MR) is 92.6 cm³/mol. The van der Waals surface area contributed by atoms with Crippen LogP contribution in [0.1, 0.15) is 35.3 Å². The summed E-state index contributed by atoms with van der Waals surface area (Å²) in [6.07, 6.45) is 0.